The van der Waals surface area contributed by atoms with Crippen LogP contribution in [0.3, 0.4) is 0 Å². The number of carbonyl (C=O) groups is 2. The first-order valence-electron chi connectivity index (χ1n) is 6.59. The van der Waals surface area contributed by atoms with Crippen LogP contribution in [0.5, 0.6) is 0 Å². The first-order chi connectivity index (χ1) is 9.41. The topological polar surface area (TPSA) is 81.4 Å². The quantitative estimate of drug-likeness (QED) is 0.863. The third kappa shape index (κ3) is 5.41. The Labute approximate surface area is 129 Å². The van der Waals surface area contributed by atoms with Gasteiger partial charge in [0.1, 0.15) is 5.56 Å². The van der Waals surface area contributed by atoms with Crippen LogP contribution in [0.25, 0.3) is 0 Å². The molecule has 6 nitrogen and oxygen atoms in total. The van der Waals surface area contributed by atoms with Gasteiger partial charge in [0.2, 0.25) is 5.76 Å². The molecule has 0 spiro atoms. The summed E-state index contributed by atoms with van der Waals surface area (Å²) in [6.07, 6.45) is 0. The van der Waals surface area contributed by atoms with Crippen LogP contribution in [0.2, 0.25) is 0 Å². The summed E-state index contributed by atoms with van der Waals surface area (Å²) in [4.78, 5) is 24.3. The first-order valence-corrected chi connectivity index (χ1v) is 7.34. The summed E-state index contributed by atoms with van der Waals surface area (Å²) in [7, 11) is 0. The predicted octanol–water partition coefficient (Wildman–Crippen LogP) is 3.11. The Morgan fingerprint density at radius 1 is 1.19 bits per heavy atom. The molecule has 1 aromatic rings. The number of aryl methyl sites for hydroxylation is 1. The van der Waals surface area contributed by atoms with Crippen LogP contribution in [0.1, 0.15) is 68.1 Å². The number of carbonyl (C=O) groups excluding carboxylic acids is 2. The van der Waals surface area contributed by atoms with E-state index in [0.29, 0.717) is 5.69 Å². The average Bonchev–Trinajstić information content (AvgIpc) is 2.65. The summed E-state index contributed by atoms with van der Waals surface area (Å²) in [6.45, 7) is 12.8. The van der Waals surface area contributed by atoms with Crippen LogP contribution in [0.4, 0.5) is 0 Å². The molecule has 21 heavy (non-hydrogen) atoms. The molecule has 118 valence electrons. The number of nitrogens with zero attached hydrogens (tertiary/aromatic N) is 1. The fourth-order valence-electron chi connectivity index (χ4n) is 1.37. The zero-order valence-corrected chi connectivity index (χ0v) is 14.3. The fourth-order valence-corrected chi connectivity index (χ4v) is 1.78. The van der Waals surface area contributed by atoms with Gasteiger partial charge in [-0.15, -0.1) is 0 Å². The molecule has 0 aromatic carbocycles. The number of nitrogens with one attached hydrogen (secondary N) is 1. The molecule has 0 fully saturated rings. The summed E-state index contributed by atoms with van der Waals surface area (Å²) in [6, 6.07) is 0. The molecule has 0 saturated carbocycles. The van der Waals surface area contributed by atoms with Gasteiger partial charge in [-0.05, 0) is 48.5 Å². The van der Waals surface area contributed by atoms with E-state index in [-0.39, 0.29) is 16.1 Å². The van der Waals surface area contributed by atoms with Crippen molar-refractivity contribution in [2.24, 2.45) is 0 Å². The lowest BCUT2D eigenvalue weighted by atomic mass is 10.1. The van der Waals surface area contributed by atoms with E-state index in [2.05, 4.69) is 10.5 Å². The highest BCUT2D eigenvalue weighted by molar-refractivity contribution is 7.96. The van der Waals surface area contributed by atoms with Crippen molar-refractivity contribution in [1.82, 2.24) is 10.5 Å². The Hall–Kier alpha value is -1.50. The maximum atomic E-state index is 12.1. The largest absolute Gasteiger partial charge is 0.387 e. The van der Waals surface area contributed by atoms with E-state index in [1.807, 2.05) is 41.5 Å². The van der Waals surface area contributed by atoms with E-state index in [0.717, 1.165) is 12.0 Å². The molecule has 1 N–H and O–H groups in total. The summed E-state index contributed by atoms with van der Waals surface area (Å²) in [5, 5.41) is 6.42. The molecule has 0 aliphatic heterocycles. The second-order valence-electron chi connectivity index (χ2n) is 6.74. The molecular formula is C14H22N2O4S. The number of rotatable bonds is 3. The highest BCUT2D eigenvalue weighted by Gasteiger charge is 2.30. The van der Waals surface area contributed by atoms with Gasteiger partial charge in [-0.1, -0.05) is 5.16 Å². The molecule has 0 aliphatic carbocycles. The Morgan fingerprint density at radius 3 is 2.24 bits per heavy atom. The van der Waals surface area contributed by atoms with Crippen LogP contribution < -0.4 is 5.32 Å². The van der Waals surface area contributed by atoms with Gasteiger partial charge in [0.25, 0.3) is 5.91 Å². The molecule has 1 amide bonds. The van der Waals surface area contributed by atoms with Crippen molar-refractivity contribution in [3.8, 4) is 0 Å². The van der Waals surface area contributed by atoms with Gasteiger partial charge in [-0.25, -0.2) is 4.79 Å². The van der Waals surface area contributed by atoms with Crippen molar-refractivity contribution in [2.45, 2.75) is 58.8 Å². The third-order valence-electron chi connectivity index (χ3n) is 2.13. The minimum Gasteiger partial charge on any atom is -0.387 e. The zero-order valence-electron chi connectivity index (χ0n) is 13.5. The SMILES string of the molecule is Cc1noc(C(=O)NC(C)(C)C)c1C(=O)OSC(C)(C)C. The van der Waals surface area contributed by atoms with E-state index < -0.39 is 17.4 Å². The lowest BCUT2D eigenvalue weighted by Crippen LogP contribution is -2.41. The Morgan fingerprint density at radius 2 is 1.76 bits per heavy atom. The van der Waals surface area contributed by atoms with E-state index in [4.69, 9.17) is 8.71 Å². The molecule has 0 saturated heterocycles. The minimum absolute atomic E-state index is 0.0634. The molecule has 0 radical (unpaired) electrons. The van der Waals surface area contributed by atoms with Gasteiger partial charge >= 0.3 is 5.97 Å². The van der Waals surface area contributed by atoms with Crippen LogP contribution in [-0.2, 0) is 4.18 Å². The standard InChI is InChI=1S/C14H22N2O4S/c1-8-9(12(18)20-21-14(5,6)7)10(19-16-8)11(17)15-13(2,3)4/h1-7H3,(H,15,17). The smallest absolute Gasteiger partial charge is 0.356 e. The summed E-state index contributed by atoms with van der Waals surface area (Å²) in [5.41, 5.74) is -0.0545. The maximum Gasteiger partial charge on any atom is 0.356 e. The number of hydrogen-bond acceptors (Lipinski definition) is 6. The third-order valence-corrected chi connectivity index (χ3v) is 2.86. The predicted molar refractivity (Wildman–Crippen MR) is 81.2 cm³/mol. The van der Waals surface area contributed by atoms with E-state index in [9.17, 15) is 9.59 Å². The van der Waals surface area contributed by atoms with Gasteiger partial charge < -0.3 is 14.0 Å². The van der Waals surface area contributed by atoms with Crippen LogP contribution in [0.15, 0.2) is 4.52 Å². The zero-order chi connectivity index (χ0) is 16.4. The van der Waals surface area contributed by atoms with Crippen LogP contribution in [0, 0.1) is 6.92 Å². The number of hydrogen-bond donors (Lipinski definition) is 1. The molecular weight excluding hydrogens is 292 g/mol. The summed E-state index contributed by atoms with van der Waals surface area (Å²) < 4.78 is 9.89. The lowest BCUT2D eigenvalue weighted by Gasteiger charge is -2.19. The normalized spacial score (nSPS) is 12.1. The molecule has 1 aromatic heterocycles. The number of aromatic nitrogens is 1. The van der Waals surface area contributed by atoms with Crippen molar-refractivity contribution in [3.63, 3.8) is 0 Å². The van der Waals surface area contributed by atoms with E-state index in [1.165, 1.54) is 0 Å². The van der Waals surface area contributed by atoms with Gasteiger partial charge in [-0.3, -0.25) is 4.79 Å². The second kappa shape index (κ2) is 6.09. The molecule has 7 heteroatoms. The average molecular weight is 314 g/mol. The Kier molecular flexibility index (Phi) is 5.09. The van der Waals surface area contributed by atoms with Crippen molar-refractivity contribution in [2.75, 3.05) is 0 Å². The summed E-state index contributed by atoms with van der Waals surface area (Å²) in [5.74, 6) is -1.24. The van der Waals surface area contributed by atoms with Crippen molar-refractivity contribution in [1.29, 1.82) is 0 Å². The van der Waals surface area contributed by atoms with Gasteiger partial charge in [0, 0.05) is 10.3 Å². The summed E-state index contributed by atoms with van der Waals surface area (Å²) >= 11 is 1.03. The first kappa shape index (κ1) is 17.6. The molecule has 0 unspecified atom stereocenters. The maximum absolute atomic E-state index is 12.1. The lowest BCUT2D eigenvalue weighted by molar-refractivity contribution is 0.0749. The molecule has 1 rings (SSSR count). The molecule has 1 heterocycles. The van der Waals surface area contributed by atoms with Crippen molar-refractivity contribution < 1.29 is 18.3 Å². The van der Waals surface area contributed by atoms with Gasteiger partial charge in [0.05, 0.1) is 17.7 Å². The fraction of sp³-hybridized carbons (Fsp3) is 0.643. The highest BCUT2D eigenvalue weighted by Crippen LogP contribution is 2.27. The van der Waals surface area contributed by atoms with Gasteiger partial charge in [0.15, 0.2) is 0 Å². The van der Waals surface area contributed by atoms with Crippen molar-refractivity contribution >= 4 is 23.9 Å². The van der Waals surface area contributed by atoms with Crippen LogP contribution in [-0.4, -0.2) is 27.3 Å². The van der Waals surface area contributed by atoms with E-state index in [1.54, 1.807) is 6.92 Å². The Bertz CT molecular complexity index is 538. The molecule has 0 aliphatic rings. The molecule has 0 bridgehead atoms. The minimum atomic E-state index is -0.632. The number of amides is 1. The highest BCUT2D eigenvalue weighted by atomic mass is 32.2. The monoisotopic (exact) mass is 314 g/mol. The van der Waals surface area contributed by atoms with Crippen LogP contribution >= 0.6 is 12.0 Å². The Balaban J connectivity index is 2.96. The van der Waals surface area contributed by atoms with Crippen molar-refractivity contribution in [3.05, 3.63) is 17.0 Å². The molecule has 0 atom stereocenters. The second-order valence-corrected chi connectivity index (χ2v) is 8.30. The van der Waals surface area contributed by atoms with Gasteiger partial charge in [-0.2, -0.15) is 0 Å². The van der Waals surface area contributed by atoms with E-state index >= 15 is 0 Å².